The van der Waals surface area contributed by atoms with Gasteiger partial charge in [-0.25, -0.2) is 4.79 Å². The number of aromatic nitrogens is 2. The molecule has 0 radical (unpaired) electrons. The summed E-state index contributed by atoms with van der Waals surface area (Å²) in [6, 6.07) is 0. The lowest BCUT2D eigenvalue weighted by Gasteiger charge is -2.33. The Hall–Kier alpha value is -1.36. The van der Waals surface area contributed by atoms with Gasteiger partial charge in [-0.2, -0.15) is 0 Å². The van der Waals surface area contributed by atoms with Crippen molar-refractivity contribution in [1.29, 1.82) is 0 Å². The Morgan fingerprint density at radius 1 is 1.33 bits per heavy atom. The van der Waals surface area contributed by atoms with Crippen molar-refractivity contribution in [2.45, 2.75) is 13.0 Å². The molecule has 0 spiro atoms. The molecule has 5 nitrogen and oxygen atoms in total. The van der Waals surface area contributed by atoms with Crippen LogP contribution in [0.5, 0.6) is 0 Å². The fourth-order valence-electron chi connectivity index (χ4n) is 2.01. The van der Waals surface area contributed by atoms with E-state index in [1.807, 2.05) is 0 Å². The van der Waals surface area contributed by atoms with E-state index in [0.29, 0.717) is 6.54 Å². The maximum Gasteiger partial charge on any atom is 0.328 e. The second-order valence-corrected chi connectivity index (χ2v) is 4.82. The molecule has 0 saturated heterocycles. The maximum absolute atomic E-state index is 11.9. The van der Waals surface area contributed by atoms with Crippen LogP contribution >= 0.6 is 0 Å². The second kappa shape index (κ2) is 3.06. The largest absolute Gasteiger partial charge is 0.328 e. The minimum Gasteiger partial charge on any atom is -0.324 e. The van der Waals surface area contributed by atoms with Gasteiger partial charge in [-0.05, 0) is 0 Å². The maximum atomic E-state index is 11.9. The molecule has 15 heavy (non-hydrogen) atoms. The van der Waals surface area contributed by atoms with Gasteiger partial charge in [0.15, 0.2) is 0 Å². The first-order valence-electron chi connectivity index (χ1n) is 5.04. The summed E-state index contributed by atoms with van der Waals surface area (Å²) >= 11 is 0. The van der Waals surface area contributed by atoms with Gasteiger partial charge in [0.25, 0.3) is 5.56 Å². The molecule has 2 heterocycles. The van der Waals surface area contributed by atoms with Gasteiger partial charge >= 0.3 is 5.69 Å². The van der Waals surface area contributed by atoms with Gasteiger partial charge < -0.3 is 9.47 Å². The number of likely N-dealkylation sites (N-methyl/N-ethyl adjacent to an activating group) is 1. The van der Waals surface area contributed by atoms with Crippen LogP contribution in [0.2, 0.25) is 0 Å². The number of fused-ring (bicyclic) bond motifs is 1. The number of hydrogen-bond acceptors (Lipinski definition) is 2. The molecule has 1 aliphatic heterocycles. The highest BCUT2D eigenvalue weighted by Gasteiger charge is 2.27. The molecule has 0 atom stereocenters. The number of quaternary nitrogens is 1. The molecule has 0 fully saturated rings. The van der Waals surface area contributed by atoms with Crippen LogP contribution in [0.25, 0.3) is 0 Å². The average Bonchev–Trinajstić information content (AvgIpc) is 2.16. The Morgan fingerprint density at radius 3 is 2.67 bits per heavy atom. The first-order chi connectivity index (χ1) is 6.91. The van der Waals surface area contributed by atoms with E-state index in [1.54, 1.807) is 0 Å². The van der Waals surface area contributed by atoms with Crippen LogP contribution < -0.4 is 11.2 Å². The van der Waals surface area contributed by atoms with E-state index in [2.05, 4.69) is 19.1 Å². The molecule has 0 aromatic carbocycles. The van der Waals surface area contributed by atoms with Crippen LogP contribution in [0.4, 0.5) is 0 Å². The molecule has 1 N–H and O–H groups in total. The third-order valence-corrected chi connectivity index (χ3v) is 3.04. The fraction of sp³-hybridized carbons (Fsp3) is 0.600. The molecule has 1 aromatic heterocycles. The van der Waals surface area contributed by atoms with Crippen molar-refractivity contribution in [3.05, 3.63) is 32.1 Å². The molecule has 0 amide bonds. The van der Waals surface area contributed by atoms with E-state index < -0.39 is 0 Å². The van der Waals surface area contributed by atoms with E-state index in [4.69, 9.17) is 0 Å². The summed E-state index contributed by atoms with van der Waals surface area (Å²) in [7, 11) is 5.69. The quantitative estimate of drug-likeness (QED) is 0.570. The van der Waals surface area contributed by atoms with Crippen molar-refractivity contribution < 1.29 is 4.48 Å². The molecule has 5 heteroatoms. The number of nitrogens with one attached hydrogen (secondary N) is 1. The van der Waals surface area contributed by atoms with Gasteiger partial charge in [-0.1, -0.05) is 0 Å². The van der Waals surface area contributed by atoms with Crippen LogP contribution in [-0.4, -0.2) is 34.7 Å². The zero-order valence-corrected chi connectivity index (χ0v) is 9.33. The third-order valence-electron chi connectivity index (χ3n) is 3.04. The highest BCUT2D eigenvalue weighted by molar-refractivity contribution is 5.17. The lowest BCUT2D eigenvalue weighted by molar-refractivity contribution is -0.905. The Labute approximate surface area is 87.6 Å². The summed E-state index contributed by atoms with van der Waals surface area (Å²) in [6.07, 6.45) is 0.771. The summed E-state index contributed by atoms with van der Waals surface area (Å²) in [5.41, 5.74) is 1.11. The van der Waals surface area contributed by atoms with Crippen molar-refractivity contribution >= 4 is 0 Å². The van der Waals surface area contributed by atoms with E-state index in [0.717, 1.165) is 33.3 Å². The first kappa shape index (κ1) is 10.2. The van der Waals surface area contributed by atoms with Crippen molar-refractivity contribution in [1.82, 2.24) is 9.55 Å². The molecule has 0 bridgehead atoms. The van der Waals surface area contributed by atoms with Crippen molar-refractivity contribution in [2.24, 2.45) is 7.05 Å². The predicted molar refractivity (Wildman–Crippen MR) is 56.7 cm³/mol. The minimum atomic E-state index is -0.314. The van der Waals surface area contributed by atoms with Crippen LogP contribution in [0.1, 0.15) is 11.3 Å². The summed E-state index contributed by atoms with van der Waals surface area (Å²) < 4.78 is 1.94. The minimum absolute atomic E-state index is 0.153. The molecule has 0 saturated carbocycles. The van der Waals surface area contributed by atoms with Crippen LogP contribution in [0, 0.1) is 0 Å². The Kier molecular flexibility index (Phi) is 2.08. The monoisotopic (exact) mass is 210 g/mol. The number of aromatic amines is 1. The highest BCUT2D eigenvalue weighted by Crippen LogP contribution is 2.15. The standard InChI is InChI=1S/C10H15N3O2/c1-12-9(14)7-6-13(2,3)5-4-8(7)11-10(12)15/h4-6H2,1-3H3/p+1. The fourth-order valence-corrected chi connectivity index (χ4v) is 2.01. The molecular weight excluding hydrogens is 194 g/mol. The van der Waals surface area contributed by atoms with Crippen molar-refractivity contribution in [2.75, 3.05) is 20.6 Å². The van der Waals surface area contributed by atoms with E-state index in [1.165, 1.54) is 7.05 Å². The molecule has 1 aromatic rings. The first-order valence-corrected chi connectivity index (χ1v) is 5.04. The Morgan fingerprint density at radius 2 is 2.00 bits per heavy atom. The summed E-state index contributed by atoms with van der Waals surface area (Å²) in [6.45, 7) is 1.65. The lowest BCUT2D eigenvalue weighted by Crippen LogP contribution is -2.49. The zero-order chi connectivity index (χ0) is 11.2. The molecule has 2 rings (SSSR count). The van der Waals surface area contributed by atoms with Gasteiger partial charge in [0.1, 0.15) is 6.54 Å². The number of nitrogens with zero attached hydrogens (tertiary/aromatic N) is 2. The van der Waals surface area contributed by atoms with Crippen molar-refractivity contribution in [3.8, 4) is 0 Å². The Balaban J connectivity index is 2.66. The summed E-state index contributed by atoms with van der Waals surface area (Å²) in [5, 5.41) is 0. The smallest absolute Gasteiger partial charge is 0.324 e. The van der Waals surface area contributed by atoms with Gasteiger partial charge in [0.2, 0.25) is 0 Å². The Bertz CT molecular complexity index is 510. The SMILES string of the molecule is Cn1c(=O)[nH]c2c(c1=O)C[N+](C)(C)CC2. The molecular formula is C10H16N3O2+. The van der Waals surface area contributed by atoms with Gasteiger partial charge in [-0.3, -0.25) is 9.36 Å². The van der Waals surface area contributed by atoms with E-state index in [-0.39, 0.29) is 11.2 Å². The molecule has 1 aliphatic rings. The van der Waals surface area contributed by atoms with E-state index in [9.17, 15) is 9.59 Å². The summed E-state index contributed by atoms with van der Waals surface area (Å²) in [5.74, 6) is 0. The van der Waals surface area contributed by atoms with Crippen molar-refractivity contribution in [3.63, 3.8) is 0 Å². The van der Waals surface area contributed by atoms with Crippen LogP contribution in [0.3, 0.4) is 0 Å². The predicted octanol–water partition coefficient (Wildman–Crippen LogP) is -0.794. The van der Waals surface area contributed by atoms with Gasteiger partial charge in [0.05, 0.1) is 26.2 Å². The van der Waals surface area contributed by atoms with Gasteiger partial charge in [0, 0.05) is 19.2 Å². The van der Waals surface area contributed by atoms with Gasteiger partial charge in [-0.15, -0.1) is 0 Å². The lowest BCUT2D eigenvalue weighted by atomic mass is 10.1. The normalized spacial score (nSPS) is 18.6. The van der Waals surface area contributed by atoms with Crippen LogP contribution in [-0.2, 0) is 20.0 Å². The topological polar surface area (TPSA) is 54.9 Å². The molecule has 82 valence electrons. The summed E-state index contributed by atoms with van der Waals surface area (Å²) in [4.78, 5) is 26.0. The number of hydrogen-bond donors (Lipinski definition) is 1. The van der Waals surface area contributed by atoms with E-state index >= 15 is 0 Å². The molecule has 0 unspecified atom stereocenters. The van der Waals surface area contributed by atoms with Crippen LogP contribution in [0.15, 0.2) is 9.59 Å². The number of rotatable bonds is 0. The second-order valence-electron chi connectivity index (χ2n) is 4.82. The highest BCUT2D eigenvalue weighted by atomic mass is 16.2. The number of H-pyrrole nitrogens is 1. The average molecular weight is 210 g/mol. The molecule has 0 aliphatic carbocycles. The zero-order valence-electron chi connectivity index (χ0n) is 9.33. The third kappa shape index (κ3) is 1.63.